The monoisotopic (exact) mass is 807 g/mol. The smallest absolute Gasteiger partial charge is 0.338 e. The molecule has 14 heteroatoms. The highest BCUT2D eigenvalue weighted by atomic mass is 33.1. The van der Waals surface area contributed by atoms with Crippen LogP contribution in [0, 0.1) is 5.41 Å². The summed E-state index contributed by atoms with van der Waals surface area (Å²) in [5, 5.41) is 30.1. The zero-order valence-electron chi connectivity index (χ0n) is 32.5. The molecular formula is C41H61NO11S2. The predicted molar refractivity (Wildman–Crippen MR) is 219 cm³/mol. The molecule has 0 aromatic rings. The average molecular weight is 808 g/mol. The highest BCUT2D eigenvalue weighted by Crippen LogP contribution is 2.39. The Morgan fingerprint density at radius 2 is 1.36 bits per heavy atom. The molecule has 0 bridgehead atoms. The van der Waals surface area contributed by atoms with Crippen LogP contribution in [0.1, 0.15) is 111 Å². The van der Waals surface area contributed by atoms with Crippen LogP contribution in [-0.2, 0) is 38.2 Å². The fourth-order valence-corrected chi connectivity index (χ4v) is 7.46. The number of hydrogen-bond acceptors (Lipinski definition) is 11. The largest absolute Gasteiger partial charge is 0.481 e. The van der Waals surface area contributed by atoms with Crippen molar-refractivity contribution in [1.82, 2.24) is 5.32 Å². The summed E-state index contributed by atoms with van der Waals surface area (Å²) in [6, 6.07) is 0. The standard InChI is InChI=1S/C24H32O5.C17H29NO6S2/c1-2-3-4-5-6-7-8-9-10-11-12-13-14-15-16-17-18-19-23(27)29-24(28)21-20-22(25)26;1-17(2,15(22)16(23)18-9-7-13(19)20)11-24-14(21)6-4-3-5-12-8-10-25-26-12/h3-4,6-7,9-10,12-13,15-16,20-21H,2,5,8,11,14,17-19H2,1H3,(H,25,26);12,15,22H,3-11H2,1-2H3,(H,18,23)(H,19,20)/b4-3-,7-6-,10-9-,13-12-,16-15-,21-20+;/t;12-,15+/m.1/s1. The van der Waals surface area contributed by atoms with E-state index in [-0.39, 0.29) is 32.0 Å². The third-order valence-electron chi connectivity index (χ3n) is 7.60. The maximum absolute atomic E-state index is 11.9. The fraction of sp³-hybridized carbons (Fsp3) is 0.561. The Kier molecular flexibility index (Phi) is 31.1. The number of carbonyl (C=O) groups is 6. The molecule has 55 heavy (non-hydrogen) atoms. The van der Waals surface area contributed by atoms with Crippen LogP contribution in [0.5, 0.6) is 0 Å². The fourth-order valence-electron chi connectivity index (χ4n) is 4.44. The minimum absolute atomic E-state index is 0.0567. The molecule has 1 fully saturated rings. The van der Waals surface area contributed by atoms with E-state index in [1.54, 1.807) is 13.8 Å². The molecule has 0 unspecified atom stereocenters. The molecule has 1 amide bonds. The van der Waals surface area contributed by atoms with Gasteiger partial charge in [0.1, 0.15) is 6.10 Å². The van der Waals surface area contributed by atoms with Crippen LogP contribution < -0.4 is 5.32 Å². The SMILES string of the molecule is CC(C)(COC(=O)CCCC[C@@H]1CCSS1)[C@@H](O)C(=O)NCCC(=O)O.CC/C=C\C/C=C\C/C=C\C/C=C\C/C=C\CCCC(=O)OC(=O)/C=C/C(=O)O. The molecule has 1 rings (SSSR count). The number of allylic oxidation sites excluding steroid dienone is 10. The Bertz CT molecular complexity index is 1330. The summed E-state index contributed by atoms with van der Waals surface area (Å²) in [6.07, 6.45) is 31.6. The number of unbranched alkanes of at least 4 members (excludes halogenated alkanes) is 2. The second-order valence-corrected chi connectivity index (χ2v) is 15.9. The molecule has 1 saturated heterocycles. The molecule has 0 spiro atoms. The Morgan fingerprint density at radius 1 is 0.782 bits per heavy atom. The van der Waals surface area contributed by atoms with Gasteiger partial charge in [-0.25, -0.2) is 9.59 Å². The number of aliphatic carboxylic acids is 2. The molecular weight excluding hydrogens is 747 g/mol. The molecule has 0 aliphatic carbocycles. The summed E-state index contributed by atoms with van der Waals surface area (Å²) in [7, 11) is 3.84. The van der Waals surface area contributed by atoms with Crippen molar-refractivity contribution in [3.8, 4) is 0 Å². The molecule has 0 aromatic carbocycles. The van der Waals surface area contributed by atoms with Crippen molar-refractivity contribution in [2.75, 3.05) is 18.9 Å². The van der Waals surface area contributed by atoms with E-state index >= 15 is 0 Å². The summed E-state index contributed by atoms with van der Waals surface area (Å²) in [5.41, 5.74) is -0.958. The molecule has 308 valence electrons. The zero-order valence-corrected chi connectivity index (χ0v) is 34.2. The molecule has 0 aromatic heterocycles. The van der Waals surface area contributed by atoms with E-state index in [1.807, 2.05) is 33.7 Å². The van der Waals surface area contributed by atoms with E-state index in [9.17, 15) is 33.9 Å². The summed E-state index contributed by atoms with van der Waals surface area (Å²) in [4.78, 5) is 66.9. The number of hydrogen-bond donors (Lipinski definition) is 4. The van der Waals surface area contributed by atoms with Gasteiger partial charge in [0.15, 0.2) is 0 Å². The highest BCUT2D eigenvalue weighted by molar-refractivity contribution is 8.77. The predicted octanol–water partition coefficient (Wildman–Crippen LogP) is 7.84. The number of ether oxygens (including phenoxy) is 2. The normalized spacial score (nSPS) is 15.2. The van der Waals surface area contributed by atoms with Crippen LogP contribution in [-0.4, -0.2) is 81.3 Å². The second kappa shape index (κ2) is 33.5. The van der Waals surface area contributed by atoms with E-state index in [0.29, 0.717) is 36.7 Å². The Labute approximate surface area is 334 Å². The van der Waals surface area contributed by atoms with Gasteiger partial charge in [0, 0.05) is 48.0 Å². The van der Waals surface area contributed by atoms with Gasteiger partial charge in [-0.15, -0.1) is 0 Å². The summed E-state index contributed by atoms with van der Waals surface area (Å²) in [6.45, 7) is 5.24. The molecule has 1 aliphatic rings. The summed E-state index contributed by atoms with van der Waals surface area (Å²) >= 11 is 0. The lowest BCUT2D eigenvalue weighted by molar-refractivity contribution is -0.156. The first-order valence-electron chi connectivity index (χ1n) is 18.8. The van der Waals surface area contributed by atoms with Crippen LogP contribution in [0.15, 0.2) is 72.9 Å². The topological polar surface area (TPSA) is 194 Å². The third-order valence-corrected chi connectivity index (χ3v) is 10.6. The highest BCUT2D eigenvalue weighted by Gasteiger charge is 2.35. The van der Waals surface area contributed by atoms with Crippen molar-refractivity contribution >= 4 is 57.3 Å². The van der Waals surface area contributed by atoms with Gasteiger partial charge < -0.3 is 30.1 Å². The van der Waals surface area contributed by atoms with Crippen molar-refractivity contribution in [2.24, 2.45) is 5.41 Å². The van der Waals surface area contributed by atoms with Crippen molar-refractivity contribution in [3.63, 3.8) is 0 Å². The Balaban J connectivity index is 0.00000107. The van der Waals surface area contributed by atoms with E-state index in [2.05, 4.69) is 65.6 Å². The number of aliphatic hydroxyl groups excluding tert-OH is 1. The van der Waals surface area contributed by atoms with Gasteiger partial charge in [0.05, 0.1) is 13.0 Å². The average Bonchev–Trinajstić information content (AvgIpc) is 3.66. The summed E-state index contributed by atoms with van der Waals surface area (Å²) in [5.74, 6) is -3.71. The third kappa shape index (κ3) is 32.1. The molecule has 12 nitrogen and oxygen atoms in total. The van der Waals surface area contributed by atoms with E-state index < -0.39 is 41.3 Å². The molecule has 2 atom stereocenters. The minimum Gasteiger partial charge on any atom is -0.481 e. The van der Waals surface area contributed by atoms with Gasteiger partial charge in [-0.05, 0) is 64.2 Å². The van der Waals surface area contributed by atoms with Crippen LogP contribution in [0.2, 0.25) is 0 Å². The van der Waals surface area contributed by atoms with Crippen molar-refractivity contribution in [2.45, 2.75) is 122 Å². The van der Waals surface area contributed by atoms with Gasteiger partial charge in [0.2, 0.25) is 5.91 Å². The number of carboxylic acid groups (broad SMARTS) is 2. The lowest BCUT2D eigenvalue weighted by Gasteiger charge is -2.29. The van der Waals surface area contributed by atoms with E-state index in [0.717, 1.165) is 51.4 Å². The van der Waals surface area contributed by atoms with Crippen molar-refractivity contribution in [3.05, 3.63) is 72.9 Å². The molecule has 0 saturated carbocycles. The van der Waals surface area contributed by atoms with Gasteiger partial charge in [-0.2, -0.15) is 0 Å². The molecule has 1 heterocycles. The number of esters is 3. The number of amides is 1. The van der Waals surface area contributed by atoms with Crippen LogP contribution in [0.3, 0.4) is 0 Å². The van der Waals surface area contributed by atoms with Crippen LogP contribution in [0.4, 0.5) is 0 Å². The Morgan fingerprint density at radius 3 is 1.91 bits per heavy atom. The minimum atomic E-state index is -1.39. The summed E-state index contributed by atoms with van der Waals surface area (Å²) < 4.78 is 9.66. The zero-order chi connectivity index (χ0) is 41.2. The number of aliphatic hydroxyl groups is 1. The molecule has 1 aliphatic heterocycles. The van der Waals surface area contributed by atoms with E-state index in [4.69, 9.17) is 14.9 Å². The Hall–Kier alpha value is -3.88. The quantitative estimate of drug-likeness (QED) is 0.0157. The van der Waals surface area contributed by atoms with Gasteiger partial charge in [0.25, 0.3) is 0 Å². The van der Waals surface area contributed by atoms with E-state index in [1.165, 1.54) is 12.2 Å². The second-order valence-electron chi connectivity index (χ2n) is 13.1. The lowest BCUT2D eigenvalue weighted by Crippen LogP contribution is -2.46. The van der Waals surface area contributed by atoms with Crippen LogP contribution in [0.25, 0.3) is 0 Å². The van der Waals surface area contributed by atoms with Crippen LogP contribution >= 0.6 is 21.6 Å². The number of nitrogens with one attached hydrogen (secondary N) is 1. The first kappa shape index (κ1) is 51.1. The van der Waals surface area contributed by atoms with Gasteiger partial charge in [-0.3, -0.25) is 19.2 Å². The number of rotatable bonds is 27. The first-order chi connectivity index (χ1) is 26.3. The molecule has 0 radical (unpaired) electrons. The first-order valence-corrected chi connectivity index (χ1v) is 21.2. The molecule has 4 N–H and O–H groups in total. The lowest BCUT2D eigenvalue weighted by atomic mass is 9.87. The van der Waals surface area contributed by atoms with Gasteiger partial charge >= 0.3 is 29.8 Å². The maximum atomic E-state index is 11.9. The van der Waals surface area contributed by atoms with Crippen molar-refractivity contribution in [1.29, 1.82) is 0 Å². The van der Waals surface area contributed by atoms with Gasteiger partial charge in [-0.1, -0.05) is 110 Å². The maximum Gasteiger partial charge on any atom is 0.338 e. The van der Waals surface area contributed by atoms with Crippen molar-refractivity contribution < 1.29 is 53.6 Å². The number of carbonyl (C=O) groups excluding carboxylic acids is 4. The number of carboxylic acids is 2.